The molecule has 1 saturated carbocycles. The Morgan fingerprint density at radius 2 is 1.54 bits per heavy atom. The fraction of sp³-hybridized carbons (Fsp3) is 0.577. The van der Waals surface area contributed by atoms with Crippen molar-refractivity contribution in [2.45, 2.75) is 57.4 Å². The van der Waals surface area contributed by atoms with Crippen molar-refractivity contribution in [3.8, 4) is 0 Å². The molecule has 3 fully saturated rings. The number of carboxylic acid groups (broad SMARTS) is 2. The number of halogens is 2. The minimum atomic E-state index is -1.26. The minimum absolute atomic E-state index is 0.251. The molecule has 7 nitrogen and oxygen atoms in total. The molecule has 3 aliphatic rings. The molecule has 4 rings (SSSR count). The summed E-state index contributed by atoms with van der Waals surface area (Å²) in [5.74, 6) is -0.757. The van der Waals surface area contributed by atoms with Crippen molar-refractivity contribution in [2.24, 2.45) is 11.8 Å². The highest BCUT2D eigenvalue weighted by molar-refractivity contribution is 6.42. The normalized spacial score (nSPS) is 24.5. The zero-order valence-corrected chi connectivity index (χ0v) is 21.4. The Labute approximate surface area is 216 Å². The van der Waals surface area contributed by atoms with Crippen molar-refractivity contribution in [3.63, 3.8) is 0 Å². The number of nitrogens with zero attached hydrogens (tertiary/aromatic N) is 2. The average Bonchev–Trinajstić information content (AvgIpc) is 3.34. The number of carbonyl (C=O) groups excluding carboxylic acids is 1. The highest BCUT2D eigenvalue weighted by Crippen LogP contribution is 2.40. The summed E-state index contributed by atoms with van der Waals surface area (Å²) in [6.45, 7) is 4.37. The zero-order chi connectivity index (χ0) is 25.4. The SMILES string of the molecule is O=C(Cc1ccc(Cl)c(Cl)c1)N1CCC2CCCCC2C1CN1CCCC1.O=C(O)/C=C\C(=O)O. The molecule has 3 unspecified atom stereocenters. The minimum Gasteiger partial charge on any atom is -0.478 e. The summed E-state index contributed by atoms with van der Waals surface area (Å²) in [5, 5.41) is 16.7. The van der Waals surface area contributed by atoms with Crippen molar-refractivity contribution < 1.29 is 24.6 Å². The van der Waals surface area contributed by atoms with Crippen LogP contribution in [0.3, 0.4) is 0 Å². The fourth-order valence-corrected chi connectivity index (χ4v) is 5.97. The Hall–Kier alpha value is -2.09. The molecule has 1 aromatic carbocycles. The second-order valence-electron chi connectivity index (χ2n) is 9.59. The van der Waals surface area contributed by atoms with E-state index >= 15 is 0 Å². The molecule has 35 heavy (non-hydrogen) atoms. The number of rotatable bonds is 6. The molecule has 2 saturated heterocycles. The van der Waals surface area contributed by atoms with Crippen LogP contribution in [-0.4, -0.2) is 70.1 Å². The first-order valence-electron chi connectivity index (χ1n) is 12.3. The van der Waals surface area contributed by atoms with Crippen LogP contribution in [0.4, 0.5) is 0 Å². The van der Waals surface area contributed by atoms with E-state index in [1.807, 2.05) is 12.1 Å². The first-order valence-corrected chi connectivity index (χ1v) is 13.1. The third-order valence-corrected chi connectivity index (χ3v) is 8.01. The van der Waals surface area contributed by atoms with E-state index in [4.69, 9.17) is 33.4 Å². The van der Waals surface area contributed by atoms with Gasteiger partial charge in [-0.15, -0.1) is 0 Å². The summed E-state index contributed by atoms with van der Waals surface area (Å²) in [6.07, 6.45) is 10.7. The summed E-state index contributed by atoms with van der Waals surface area (Å²) < 4.78 is 0. The molecular weight excluding hydrogens is 491 g/mol. The zero-order valence-electron chi connectivity index (χ0n) is 19.9. The second-order valence-corrected chi connectivity index (χ2v) is 10.4. The van der Waals surface area contributed by atoms with Gasteiger partial charge in [0, 0.05) is 31.3 Å². The van der Waals surface area contributed by atoms with E-state index in [9.17, 15) is 14.4 Å². The molecule has 1 amide bonds. The van der Waals surface area contributed by atoms with E-state index in [1.54, 1.807) is 6.07 Å². The average molecular weight is 525 g/mol. The van der Waals surface area contributed by atoms with Crippen molar-refractivity contribution in [1.29, 1.82) is 0 Å². The molecule has 0 aromatic heterocycles. The number of piperidine rings is 1. The summed E-state index contributed by atoms with van der Waals surface area (Å²) >= 11 is 12.2. The summed E-state index contributed by atoms with van der Waals surface area (Å²) in [7, 11) is 0. The van der Waals surface area contributed by atoms with Crippen LogP contribution in [0.1, 0.15) is 50.5 Å². The molecule has 0 bridgehead atoms. The highest BCUT2D eigenvalue weighted by Gasteiger charge is 2.41. The largest absolute Gasteiger partial charge is 0.478 e. The maximum Gasteiger partial charge on any atom is 0.328 e. The number of aliphatic carboxylic acids is 2. The van der Waals surface area contributed by atoms with Gasteiger partial charge >= 0.3 is 11.9 Å². The van der Waals surface area contributed by atoms with Gasteiger partial charge in [-0.25, -0.2) is 9.59 Å². The molecular formula is C26H34Cl2N2O5. The molecule has 192 valence electrons. The Bertz CT molecular complexity index is 916. The van der Waals surface area contributed by atoms with E-state index in [0.29, 0.717) is 40.6 Å². The van der Waals surface area contributed by atoms with Gasteiger partial charge in [-0.3, -0.25) is 4.79 Å². The lowest BCUT2D eigenvalue weighted by atomic mass is 9.70. The smallest absolute Gasteiger partial charge is 0.328 e. The van der Waals surface area contributed by atoms with Gasteiger partial charge in [0.1, 0.15) is 0 Å². The predicted molar refractivity (Wildman–Crippen MR) is 136 cm³/mol. The van der Waals surface area contributed by atoms with Gasteiger partial charge in [0.25, 0.3) is 0 Å². The monoisotopic (exact) mass is 524 g/mol. The number of benzene rings is 1. The van der Waals surface area contributed by atoms with E-state index in [1.165, 1.54) is 58.0 Å². The van der Waals surface area contributed by atoms with Crippen molar-refractivity contribution >= 4 is 41.0 Å². The maximum absolute atomic E-state index is 13.3. The van der Waals surface area contributed by atoms with E-state index in [-0.39, 0.29) is 5.91 Å². The molecule has 0 spiro atoms. The summed E-state index contributed by atoms with van der Waals surface area (Å²) in [5.41, 5.74) is 0.958. The number of hydrogen-bond acceptors (Lipinski definition) is 4. The second kappa shape index (κ2) is 13.3. The molecule has 9 heteroatoms. The molecule has 1 aromatic rings. The Morgan fingerprint density at radius 3 is 2.17 bits per heavy atom. The van der Waals surface area contributed by atoms with Crippen LogP contribution < -0.4 is 0 Å². The first kappa shape index (κ1) is 27.5. The highest BCUT2D eigenvalue weighted by atomic mass is 35.5. The number of likely N-dealkylation sites (tertiary alicyclic amines) is 2. The van der Waals surface area contributed by atoms with Gasteiger partial charge in [-0.1, -0.05) is 48.5 Å². The fourth-order valence-electron chi connectivity index (χ4n) is 5.64. The van der Waals surface area contributed by atoms with Crippen molar-refractivity contribution in [2.75, 3.05) is 26.2 Å². The lowest BCUT2D eigenvalue weighted by molar-refractivity contribution is -0.138. The van der Waals surface area contributed by atoms with Crippen LogP contribution in [0, 0.1) is 11.8 Å². The number of hydrogen-bond donors (Lipinski definition) is 2. The van der Waals surface area contributed by atoms with Crippen LogP contribution in [0.15, 0.2) is 30.4 Å². The maximum atomic E-state index is 13.3. The number of amides is 1. The quantitative estimate of drug-likeness (QED) is 0.521. The third kappa shape index (κ3) is 8.23. The van der Waals surface area contributed by atoms with Gasteiger partial charge in [-0.2, -0.15) is 0 Å². The molecule has 2 heterocycles. The van der Waals surface area contributed by atoms with Gasteiger partial charge in [-0.05, 0) is 68.3 Å². The van der Waals surface area contributed by atoms with Gasteiger partial charge in [0.05, 0.1) is 16.5 Å². The Kier molecular flexibility index (Phi) is 10.4. The predicted octanol–water partition coefficient (Wildman–Crippen LogP) is 4.75. The van der Waals surface area contributed by atoms with Gasteiger partial charge in [0.15, 0.2) is 0 Å². The molecule has 2 N–H and O–H groups in total. The van der Waals surface area contributed by atoms with E-state index < -0.39 is 11.9 Å². The van der Waals surface area contributed by atoms with Gasteiger partial charge < -0.3 is 20.0 Å². The van der Waals surface area contributed by atoms with Crippen molar-refractivity contribution in [3.05, 3.63) is 46.0 Å². The molecule has 3 atom stereocenters. The topological polar surface area (TPSA) is 98.2 Å². The standard InChI is InChI=1S/C22H30Cl2N2O.C4H4O4/c23-19-8-7-16(13-20(19)24)14-22(27)26-12-9-17-5-1-2-6-18(17)21(26)15-25-10-3-4-11-25;5-3(6)1-2-4(7)8/h7-8,13,17-18,21H,1-6,9-12,14-15H2;1-2H,(H,5,6)(H,7,8)/b;2-1-. The van der Waals surface area contributed by atoms with Crippen LogP contribution in [0.5, 0.6) is 0 Å². The Morgan fingerprint density at radius 1 is 0.886 bits per heavy atom. The number of carboxylic acids is 2. The first-order chi connectivity index (χ1) is 16.7. The molecule has 1 aliphatic carbocycles. The number of fused-ring (bicyclic) bond motifs is 1. The van der Waals surface area contributed by atoms with E-state index in [0.717, 1.165) is 24.6 Å². The van der Waals surface area contributed by atoms with Crippen LogP contribution in [0.25, 0.3) is 0 Å². The lowest BCUT2D eigenvalue weighted by Crippen LogP contribution is -2.56. The van der Waals surface area contributed by atoms with Crippen LogP contribution in [-0.2, 0) is 20.8 Å². The van der Waals surface area contributed by atoms with Gasteiger partial charge in [0.2, 0.25) is 5.91 Å². The summed E-state index contributed by atoms with van der Waals surface area (Å²) in [6, 6.07) is 5.94. The van der Waals surface area contributed by atoms with Crippen LogP contribution in [0.2, 0.25) is 10.0 Å². The molecule has 0 radical (unpaired) electrons. The lowest BCUT2D eigenvalue weighted by Gasteiger charge is -2.49. The number of carbonyl (C=O) groups is 3. The third-order valence-electron chi connectivity index (χ3n) is 7.28. The van der Waals surface area contributed by atoms with Crippen LogP contribution >= 0.6 is 23.2 Å². The van der Waals surface area contributed by atoms with E-state index in [2.05, 4.69) is 9.80 Å². The van der Waals surface area contributed by atoms with Crippen molar-refractivity contribution in [1.82, 2.24) is 9.80 Å². The molecule has 2 aliphatic heterocycles. The summed E-state index contributed by atoms with van der Waals surface area (Å²) in [4.78, 5) is 37.2. The Balaban J connectivity index is 0.000000371.